The van der Waals surface area contributed by atoms with Crippen molar-refractivity contribution < 1.29 is 31.5 Å². The van der Waals surface area contributed by atoms with Gasteiger partial charge < -0.3 is 15.0 Å². The van der Waals surface area contributed by atoms with Crippen molar-refractivity contribution in [3.05, 3.63) is 53.3 Å². The Morgan fingerprint density at radius 2 is 2.00 bits per heavy atom. The lowest BCUT2D eigenvalue weighted by atomic mass is 10.1. The van der Waals surface area contributed by atoms with Gasteiger partial charge in [0.2, 0.25) is 0 Å². The topological polar surface area (TPSA) is 90.8 Å². The number of benzene rings is 2. The molecule has 2 aromatic carbocycles. The maximum absolute atomic E-state index is 12.7. The highest BCUT2D eigenvalue weighted by atomic mass is 19.4. The van der Waals surface area contributed by atoms with Gasteiger partial charge in [-0.25, -0.2) is 13.8 Å². The van der Waals surface area contributed by atoms with Crippen LogP contribution in [0, 0.1) is 11.3 Å². The summed E-state index contributed by atoms with van der Waals surface area (Å²) in [5, 5.41) is 11.6. The molecule has 0 saturated heterocycles. The maximum Gasteiger partial charge on any atom is 0.422 e. The Morgan fingerprint density at radius 1 is 1.24 bits per heavy atom. The summed E-state index contributed by atoms with van der Waals surface area (Å²) in [4.78, 5) is 18.5. The molecule has 0 atom stereocenters. The molecule has 0 unspecified atom stereocenters. The third-order valence-corrected chi connectivity index (χ3v) is 3.72. The van der Waals surface area contributed by atoms with E-state index in [9.17, 15) is 26.7 Å². The molecule has 0 radical (unpaired) electrons. The summed E-state index contributed by atoms with van der Waals surface area (Å²) in [6.45, 7) is -1.56. The standard InChI is InChI=1S/C18H11F5N4O2/c19-15(20)16-26-12-3-1-9(6-13(12)27-16)17(28)25-11-2-4-14(10(5-11)7-24)29-8-18(21,22)23/h1-6,15H,8H2,(H,25,28)(H,26,27). The SMILES string of the molecule is N#Cc1cc(NC(=O)c2ccc3nc(C(F)F)[nH]c3c2)ccc1OCC(F)(F)F. The van der Waals surface area contributed by atoms with E-state index in [0.717, 1.165) is 12.1 Å². The van der Waals surface area contributed by atoms with Crippen LogP contribution in [0.5, 0.6) is 5.75 Å². The summed E-state index contributed by atoms with van der Waals surface area (Å²) in [7, 11) is 0. The molecule has 0 spiro atoms. The summed E-state index contributed by atoms with van der Waals surface area (Å²) in [5.74, 6) is -1.42. The average molecular weight is 410 g/mol. The monoisotopic (exact) mass is 410 g/mol. The number of alkyl halides is 5. The van der Waals surface area contributed by atoms with E-state index in [0.29, 0.717) is 0 Å². The van der Waals surface area contributed by atoms with E-state index in [1.54, 1.807) is 6.07 Å². The Morgan fingerprint density at radius 3 is 2.66 bits per heavy atom. The largest absolute Gasteiger partial charge is 0.483 e. The fourth-order valence-electron chi connectivity index (χ4n) is 2.46. The van der Waals surface area contributed by atoms with Gasteiger partial charge in [0.25, 0.3) is 12.3 Å². The summed E-state index contributed by atoms with van der Waals surface area (Å²) < 4.78 is 66.8. The maximum atomic E-state index is 12.7. The molecule has 3 rings (SSSR count). The number of nitriles is 1. The van der Waals surface area contributed by atoms with Gasteiger partial charge in [0.15, 0.2) is 12.4 Å². The van der Waals surface area contributed by atoms with Crippen LogP contribution in [0.15, 0.2) is 36.4 Å². The Bertz CT molecular complexity index is 1100. The number of imidazole rings is 1. The van der Waals surface area contributed by atoms with E-state index in [2.05, 4.69) is 20.0 Å². The number of hydrogen-bond acceptors (Lipinski definition) is 4. The van der Waals surface area contributed by atoms with E-state index >= 15 is 0 Å². The zero-order valence-corrected chi connectivity index (χ0v) is 14.3. The van der Waals surface area contributed by atoms with Crippen LogP contribution in [-0.4, -0.2) is 28.7 Å². The van der Waals surface area contributed by atoms with Crippen LogP contribution in [0.4, 0.5) is 27.6 Å². The van der Waals surface area contributed by atoms with E-state index in [4.69, 9.17) is 5.26 Å². The number of aromatic amines is 1. The van der Waals surface area contributed by atoms with Crippen LogP contribution in [0.1, 0.15) is 28.2 Å². The summed E-state index contributed by atoms with van der Waals surface area (Å²) in [6.07, 6.45) is -7.35. The van der Waals surface area contributed by atoms with Crippen molar-refractivity contribution in [2.75, 3.05) is 11.9 Å². The second kappa shape index (κ2) is 7.75. The second-order valence-corrected chi connectivity index (χ2v) is 5.84. The number of carbonyl (C=O) groups excluding carboxylic acids is 1. The highest BCUT2D eigenvalue weighted by molar-refractivity contribution is 6.06. The normalized spacial score (nSPS) is 11.5. The number of amides is 1. The Balaban J connectivity index is 1.78. The van der Waals surface area contributed by atoms with Crippen LogP contribution in [-0.2, 0) is 0 Å². The number of anilines is 1. The number of rotatable bonds is 5. The number of aromatic nitrogens is 2. The number of nitrogens with zero attached hydrogens (tertiary/aromatic N) is 2. The molecule has 3 aromatic rings. The summed E-state index contributed by atoms with van der Waals surface area (Å²) in [5.41, 5.74) is 0.566. The van der Waals surface area contributed by atoms with Crippen molar-refractivity contribution >= 4 is 22.6 Å². The molecule has 1 heterocycles. The lowest BCUT2D eigenvalue weighted by molar-refractivity contribution is -0.153. The number of halogens is 5. The van der Waals surface area contributed by atoms with Crippen LogP contribution < -0.4 is 10.1 Å². The van der Waals surface area contributed by atoms with Gasteiger partial charge >= 0.3 is 6.18 Å². The van der Waals surface area contributed by atoms with E-state index in [1.807, 2.05) is 0 Å². The molecule has 0 aliphatic carbocycles. The lowest BCUT2D eigenvalue weighted by Crippen LogP contribution is -2.19. The molecule has 6 nitrogen and oxygen atoms in total. The van der Waals surface area contributed by atoms with Crippen LogP contribution >= 0.6 is 0 Å². The molecule has 0 bridgehead atoms. The van der Waals surface area contributed by atoms with Gasteiger partial charge in [0.05, 0.1) is 16.6 Å². The van der Waals surface area contributed by atoms with Gasteiger partial charge in [0.1, 0.15) is 11.8 Å². The predicted molar refractivity (Wildman–Crippen MR) is 91.7 cm³/mol. The molecule has 1 aromatic heterocycles. The summed E-state index contributed by atoms with van der Waals surface area (Å²) in [6, 6.07) is 9.35. The first kappa shape index (κ1) is 20.1. The molecule has 0 aliphatic heterocycles. The first-order valence-corrected chi connectivity index (χ1v) is 7.99. The number of H-pyrrole nitrogens is 1. The quantitative estimate of drug-likeness (QED) is 0.603. The van der Waals surface area contributed by atoms with Gasteiger partial charge in [-0.2, -0.15) is 18.4 Å². The van der Waals surface area contributed by atoms with Crippen molar-refractivity contribution in [1.82, 2.24) is 9.97 Å². The zero-order chi connectivity index (χ0) is 21.2. The number of fused-ring (bicyclic) bond motifs is 1. The Kier molecular flexibility index (Phi) is 5.36. The molecule has 1 amide bonds. The first-order valence-electron chi connectivity index (χ1n) is 7.99. The van der Waals surface area contributed by atoms with Crippen LogP contribution in [0.3, 0.4) is 0 Å². The number of hydrogen-bond donors (Lipinski definition) is 2. The van der Waals surface area contributed by atoms with Crippen molar-refractivity contribution in [3.8, 4) is 11.8 Å². The average Bonchev–Trinajstić information content (AvgIpc) is 3.09. The van der Waals surface area contributed by atoms with Crippen molar-refractivity contribution in [1.29, 1.82) is 5.26 Å². The van der Waals surface area contributed by atoms with E-state index in [-0.39, 0.29) is 33.6 Å². The highest BCUT2D eigenvalue weighted by Crippen LogP contribution is 2.26. The molecule has 29 heavy (non-hydrogen) atoms. The number of ether oxygens (including phenoxy) is 1. The molecule has 0 saturated carbocycles. The van der Waals surface area contributed by atoms with Crippen molar-refractivity contribution in [3.63, 3.8) is 0 Å². The lowest BCUT2D eigenvalue weighted by Gasteiger charge is -2.12. The van der Waals surface area contributed by atoms with E-state index in [1.165, 1.54) is 24.3 Å². The fraction of sp³-hybridized carbons (Fsp3) is 0.167. The van der Waals surface area contributed by atoms with Gasteiger partial charge in [0, 0.05) is 11.3 Å². The van der Waals surface area contributed by atoms with Gasteiger partial charge in [-0.1, -0.05) is 0 Å². The molecular weight excluding hydrogens is 399 g/mol. The molecule has 0 aliphatic rings. The van der Waals surface area contributed by atoms with Crippen LogP contribution in [0.25, 0.3) is 11.0 Å². The van der Waals surface area contributed by atoms with Crippen LogP contribution in [0.2, 0.25) is 0 Å². The summed E-state index contributed by atoms with van der Waals surface area (Å²) >= 11 is 0. The highest BCUT2D eigenvalue weighted by Gasteiger charge is 2.29. The third-order valence-electron chi connectivity index (χ3n) is 3.72. The first-order chi connectivity index (χ1) is 13.7. The third kappa shape index (κ3) is 4.78. The minimum Gasteiger partial charge on any atom is -0.483 e. The predicted octanol–water partition coefficient (Wildman–Crippen LogP) is 4.57. The number of nitrogens with one attached hydrogen (secondary N) is 2. The van der Waals surface area contributed by atoms with Crippen molar-refractivity contribution in [2.24, 2.45) is 0 Å². The molecule has 0 fully saturated rings. The molecule has 11 heteroatoms. The molecule has 150 valence electrons. The molecule has 2 N–H and O–H groups in total. The fourth-order valence-corrected chi connectivity index (χ4v) is 2.46. The van der Waals surface area contributed by atoms with Crippen molar-refractivity contribution in [2.45, 2.75) is 12.6 Å². The Labute approximate surface area is 159 Å². The van der Waals surface area contributed by atoms with E-state index < -0.39 is 30.9 Å². The minimum atomic E-state index is -4.56. The van der Waals surface area contributed by atoms with Gasteiger partial charge in [-0.3, -0.25) is 4.79 Å². The smallest absolute Gasteiger partial charge is 0.422 e. The second-order valence-electron chi connectivity index (χ2n) is 5.84. The Hall–Kier alpha value is -3.68. The molecular formula is C18H11F5N4O2. The number of carbonyl (C=O) groups is 1. The zero-order valence-electron chi connectivity index (χ0n) is 14.3. The van der Waals surface area contributed by atoms with Gasteiger partial charge in [-0.05, 0) is 36.4 Å². The van der Waals surface area contributed by atoms with Gasteiger partial charge in [-0.15, -0.1) is 0 Å². The minimum absolute atomic E-state index is 0.123.